The van der Waals surface area contributed by atoms with Crippen molar-refractivity contribution in [2.45, 2.75) is 6.92 Å². The molecule has 2 aromatic rings. The van der Waals surface area contributed by atoms with Gasteiger partial charge in [0.1, 0.15) is 5.52 Å². The first-order valence-corrected chi connectivity index (χ1v) is 4.68. The lowest BCUT2D eigenvalue weighted by Crippen LogP contribution is -2.28. The van der Waals surface area contributed by atoms with Crippen molar-refractivity contribution in [1.29, 1.82) is 0 Å². The summed E-state index contributed by atoms with van der Waals surface area (Å²) in [6, 6.07) is 5.08. The van der Waals surface area contributed by atoms with E-state index in [1.807, 2.05) is 0 Å². The predicted octanol–water partition coefficient (Wildman–Crippen LogP) is -0.0322. The van der Waals surface area contributed by atoms with Crippen LogP contribution < -0.4 is 16.2 Å². The van der Waals surface area contributed by atoms with Crippen LogP contribution in [-0.2, 0) is 4.79 Å². The topological polar surface area (TPSA) is 60.2 Å². The van der Waals surface area contributed by atoms with Gasteiger partial charge in [0.2, 0.25) is 0 Å². The van der Waals surface area contributed by atoms with Crippen LogP contribution in [0.4, 0.5) is 0 Å². The summed E-state index contributed by atoms with van der Waals surface area (Å²) in [5.41, 5.74) is 0.283. The molecule has 16 heavy (non-hydrogen) atoms. The second-order valence-corrected chi connectivity index (χ2v) is 3.44. The van der Waals surface area contributed by atoms with E-state index in [0.717, 1.165) is 11.3 Å². The third-order valence-corrected chi connectivity index (χ3v) is 2.02. The molecule has 1 aromatic heterocycles. The number of Topliss-reactive ketones (excluding diaryl/α,β-unsaturated/α-hetero) is 1. The van der Waals surface area contributed by atoms with Crippen LogP contribution in [0.2, 0.25) is 0 Å². The number of benzene rings is 1. The van der Waals surface area contributed by atoms with Crippen LogP contribution in [0.25, 0.3) is 23.8 Å². The average molecular weight is 215 g/mol. The van der Waals surface area contributed by atoms with E-state index in [0.29, 0.717) is 11.1 Å². The number of carbonyl (C=O) groups is 1. The smallest absolute Gasteiger partial charge is 0.362 e. The van der Waals surface area contributed by atoms with Crippen LogP contribution in [0, 0.1) is 0 Å². The summed E-state index contributed by atoms with van der Waals surface area (Å²) >= 11 is 0. The summed E-state index contributed by atoms with van der Waals surface area (Å²) in [7, 11) is 0. The monoisotopic (exact) mass is 215 g/mol. The molecule has 0 unspecified atom stereocenters. The van der Waals surface area contributed by atoms with E-state index in [-0.39, 0.29) is 11.1 Å². The fourth-order valence-corrected chi connectivity index (χ4v) is 1.34. The Bertz CT molecular complexity index is 728. The molecule has 0 bridgehead atoms. The molecule has 0 saturated carbocycles. The zero-order chi connectivity index (χ0) is 11.7. The van der Waals surface area contributed by atoms with Crippen molar-refractivity contribution >= 4 is 29.5 Å². The second kappa shape index (κ2) is 3.73. The van der Waals surface area contributed by atoms with E-state index in [1.54, 1.807) is 18.2 Å². The minimum atomic E-state index is -0.617. The van der Waals surface area contributed by atoms with Gasteiger partial charge in [-0.25, -0.2) is 9.78 Å². The van der Waals surface area contributed by atoms with Gasteiger partial charge in [-0.15, -0.1) is 0 Å². The first-order chi connectivity index (χ1) is 7.56. The summed E-state index contributed by atoms with van der Waals surface area (Å²) < 4.78 is 5.03. The molecule has 1 aromatic carbocycles. The van der Waals surface area contributed by atoms with E-state index in [1.165, 1.54) is 6.92 Å². The normalized spacial score (nSPS) is 11.9. The van der Waals surface area contributed by atoms with Crippen molar-refractivity contribution in [3.05, 3.63) is 39.2 Å². The summed E-state index contributed by atoms with van der Waals surface area (Å²) in [5, 5.41) is 0.762. The molecular formula is C12H9NO3. The van der Waals surface area contributed by atoms with Crippen molar-refractivity contribution in [2.24, 2.45) is 0 Å². The Morgan fingerprint density at radius 1 is 1.50 bits per heavy atom. The van der Waals surface area contributed by atoms with E-state index in [2.05, 4.69) is 11.6 Å². The lowest BCUT2D eigenvalue weighted by atomic mass is 10.3. The van der Waals surface area contributed by atoms with Gasteiger partial charge in [0.25, 0.3) is 0 Å². The summed E-state index contributed by atoms with van der Waals surface area (Å²) in [4.78, 5) is 26.4. The maximum absolute atomic E-state index is 11.4. The Labute approximate surface area is 90.5 Å². The summed E-state index contributed by atoms with van der Waals surface area (Å²) in [6.07, 6.45) is 1.16. The molecule has 1 heterocycles. The highest BCUT2D eigenvalue weighted by molar-refractivity contribution is 6.03. The number of fused-ring (bicyclic) bond motifs is 1. The first-order valence-electron chi connectivity index (χ1n) is 4.68. The highest BCUT2D eigenvalue weighted by Crippen LogP contribution is 2.01. The maximum Gasteiger partial charge on any atom is 0.362 e. The molecule has 0 amide bonds. The molecule has 4 nitrogen and oxygen atoms in total. The molecule has 80 valence electrons. The maximum atomic E-state index is 11.4. The van der Waals surface area contributed by atoms with Gasteiger partial charge in [0.15, 0.2) is 16.7 Å². The van der Waals surface area contributed by atoms with E-state index >= 15 is 0 Å². The van der Waals surface area contributed by atoms with Crippen LogP contribution in [0.15, 0.2) is 27.4 Å². The van der Waals surface area contributed by atoms with Crippen molar-refractivity contribution < 1.29 is 9.21 Å². The molecule has 0 fully saturated rings. The predicted molar refractivity (Wildman–Crippen MR) is 60.2 cm³/mol. The van der Waals surface area contributed by atoms with Crippen LogP contribution in [0.3, 0.4) is 0 Å². The highest BCUT2D eigenvalue weighted by atomic mass is 16.4. The zero-order valence-corrected chi connectivity index (χ0v) is 8.69. The third-order valence-electron chi connectivity index (χ3n) is 2.02. The van der Waals surface area contributed by atoms with Crippen LogP contribution in [0.5, 0.6) is 0 Å². The number of carbonyl (C=O) groups excluding carboxylic acids is 1. The largest absolute Gasteiger partial charge is 0.419 e. The van der Waals surface area contributed by atoms with Crippen LogP contribution >= 0.6 is 0 Å². The fourth-order valence-electron chi connectivity index (χ4n) is 1.34. The number of nitrogens with zero attached hydrogens (tertiary/aromatic N) is 1. The number of rotatable bonds is 1. The number of hydrogen-bond acceptors (Lipinski definition) is 4. The van der Waals surface area contributed by atoms with Crippen LogP contribution in [0.1, 0.15) is 6.92 Å². The average Bonchev–Trinajstić information content (AvgIpc) is 2.19. The highest BCUT2D eigenvalue weighted by Gasteiger charge is 2.00. The van der Waals surface area contributed by atoms with E-state index in [4.69, 9.17) is 4.42 Å². The number of ketones is 1. The van der Waals surface area contributed by atoms with Gasteiger partial charge in [0, 0.05) is 6.08 Å². The lowest BCUT2D eigenvalue weighted by Gasteiger charge is -1.94. The van der Waals surface area contributed by atoms with E-state index < -0.39 is 5.63 Å². The fraction of sp³-hybridized carbons (Fsp3) is 0.0833. The van der Waals surface area contributed by atoms with Crippen molar-refractivity contribution in [2.75, 3.05) is 0 Å². The molecule has 0 N–H and O–H groups in total. The number of hydrogen-bond donors (Lipinski definition) is 0. The van der Waals surface area contributed by atoms with Gasteiger partial charge in [-0.3, -0.25) is 4.79 Å². The molecule has 0 atom stereocenters. The first kappa shape index (κ1) is 10.3. The molecule has 0 saturated heterocycles. The molecular weight excluding hydrogens is 206 g/mol. The Hall–Kier alpha value is -2.23. The SMILES string of the molecule is C=c1ccc2n/c(=C\C(C)=O)c(=O)oc2c1. The zero-order valence-electron chi connectivity index (χ0n) is 8.69. The van der Waals surface area contributed by atoms with Gasteiger partial charge in [-0.1, -0.05) is 12.6 Å². The van der Waals surface area contributed by atoms with Gasteiger partial charge >= 0.3 is 5.63 Å². The molecule has 2 rings (SSSR count). The Morgan fingerprint density at radius 2 is 2.25 bits per heavy atom. The van der Waals surface area contributed by atoms with Crippen molar-refractivity contribution in [1.82, 2.24) is 4.98 Å². The third kappa shape index (κ3) is 1.91. The molecule has 0 spiro atoms. The summed E-state index contributed by atoms with van der Waals surface area (Å²) in [5.74, 6) is -0.243. The summed E-state index contributed by atoms with van der Waals surface area (Å²) in [6.45, 7) is 5.07. The molecule has 0 aliphatic rings. The van der Waals surface area contributed by atoms with Crippen molar-refractivity contribution in [3.8, 4) is 0 Å². The number of aromatic nitrogens is 1. The molecule has 4 heteroatoms. The Morgan fingerprint density at radius 3 is 2.94 bits per heavy atom. The van der Waals surface area contributed by atoms with Gasteiger partial charge in [-0.05, 0) is 24.3 Å². The van der Waals surface area contributed by atoms with Gasteiger partial charge < -0.3 is 4.42 Å². The van der Waals surface area contributed by atoms with Crippen molar-refractivity contribution in [3.63, 3.8) is 0 Å². The van der Waals surface area contributed by atoms with Gasteiger partial charge in [-0.2, -0.15) is 0 Å². The Balaban J connectivity index is 2.88. The van der Waals surface area contributed by atoms with Gasteiger partial charge in [0.05, 0.1) is 0 Å². The minimum absolute atomic E-state index is 0.0248. The quantitative estimate of drug-likeness (QED) is 0.670. The van der Waals surface area contributed by atoms with E-state index in [9.17, 15) is 9.59 Å². The second-order valence-electron chi connectivity index (χ2n) is 3.44. The minimum Gasteiger partial charge on any atom is -0.419 e. The molecule has 0 radical (unpaired) electrons. The standard InChI is InChI=1S/C12H9NO3/c1-7-3-4-9-11(5-7)16-12(15)10(13-9)6-8(2)14/h3-6H,1H2,2H3/b10-6-. The lowest BCUT2D eigenvalue weighted by molar-refractivity contribution is -0.111. The molecule has 0 aliphatic carbocycles. The molecule has 0 aliphatic heterocycles. The Kier molecular flexibility index (Phi) is 2.40. The van der Waals surface area contributed by atoms with Crippen LogP contribution in [-0.4, -0.2) is 10.8 Å².